The second-order valence-electron chi connectivity index (χ2n) is 8.75. The Labute approximate surface area is 198 Å². The number of hydrogen-bond acceptors (Lipinski definition) is 5. The van der Waals surface area contributed by atoms with Crippen molar-refractivity contribution in [2.75, 3.05) is 23.9 Å². The van der Waals surface area contributed by atoms with E-state index in [4.69, 9.17) is 14.5 Å². The number of amides is 2. The third-order valence-corrected chi connectivity index (χ3v) is 6.37. The van der Waals surface area contributed by atoms with E-state index in [1.54, 1.807) is 13.2 Å². The molecule has 176 valence electrons. The summed E-state index contributed by atoms with van der Waals surface area (Å²) >= 11 is 0. The van der Waals surface area contributed by atoms with Crippen LogP contribution in [0.25, 0.3) is 0 Å². The normalized spacial score (nSPS) is 20.8. The fourth-order valence-corrected chi connectivity index (χ4v) is 4.71. The monoisotopic (exact) mass is 460 g/mol. The van der Waals surface area contributed by atoms with Crippen molar-refractivity contribution in [2.45, 2.75) is 37.8 Å². The molecule has 0 fully saturated rings. The highest BCUT2D eigenvalue weighted by molar-refractivity contribution is 6.12. The van der Waals surface area contributed by atoms with Gasteiger partial charge < -0.3 is 19.4 Å². The molecule has 3 aliphatic rings. The van der Waals surface area contributed by atoms with Crippen LogP contribution in [-0.2, 0) is 32.5 Å². The maximum atomic E-state index is 13.5. The number of methoxy groups -OCH3 is 1. The smallest absolute Gasteiger partial charge is 0.257 e. The number of hydrogen-bond donors (Lipinski definition) is 1. The van der Waals surface area contributed by atoms with Gasteiger partial charge in [0.2, 0.25) is 5.91 Å². The number of carbonyl (C=O) groups is 2. The standard InChI is InChI=1S/C26H28N4O4/c1-29-10-9-18(16-29)28-25(31)8-5-11-34-24-14-21-20(13-23(24)33-2)26(32)30-19(15-27-21)12-17-6-3-4-7-22(17)30/h3-4,6-7,9-10,13,15-16,19,21H,5,8,11-12,14H2,1-2H3,(H,28,31)/t19-,21+/m0/s1. The molecule has 1 N–H and O–H groups in total. The van der Waals surface area contributed by atoms with E-state index >= 15 is 0 Å². The molecule has 2 atom stereocenters. The van der Waals surface area contributed by atoms with Crippen LogP contribution in [0.3, 0.4) is 0 Å². The first-order chi connectivity index (χ1) is 16.5. The Morgan fingerprint density at radius 3 is 2.88 bits per heavy atom. The summed E-state index contributed by atoms with van der Waals surface area (Å²) in [5, 5.41) is 2.87. The number of aryl methyl sites for hydroxylation is 1. The van der Waals surface area contributed by atoms with Gasteiger partial charge in [-0.2, -0.15) is 0 Å². The number of nitrogens with zero attached hydrogens (tertiary/aromatic N) is 3. The third kappa shape index (κ3) is 4.23. The number of rotatable bonds is 7. The summed E-state index contributed by atoms with van der Waals surface area (Å²) in [4.78, 5) is 32.2. The van der Waals surface area contributed by atoms with Gasteiger partial charge in [0.25, 0.3) is 5.91 Å². The maximum Gasteiger partial charge on any atom is 0.257 e. The SMILES string of the molecule is COC1=C(OCCCC(=O)Nc2ccn(C)c2)C[C@H]2N=C[C@@H]3Cc4ccccc4N3C(=O)C2=C1. The van der Waals surface area contributed by atoms with Crippen molar-refractivity contribution >= 4 is 29.4 Å². The molecular formula is C26H28N4O4. The van der Waals surface area contributed by atoms with Crippen LogP contribution in [0, 0.1) is 0 Å². The Bertz CT molecular complexity index is 1210. The summed E-state index contributed by atoms with van der Waals surface area (Å²) in [7, 11) is 3.48. The molecule has 2 amide bonds. The van der Waals surface area contributed by atoms with Crippen LogP contribution < -0.4 is 10.2 Å². The number of benzene rings is 1. The maximum absolute atomic E-state index is 13.5. The predicted octanol–water partition coefficient (Wildman–Crippen LogP) is 3.36. The van der Waals surface area contributed by atoms with Crippen LogP contribution in [0.4, 0.5) is 11.4 Å². The fourth-order valence-electron chi connectivity index (χ4n) is 4.71. The largest absolute Gasteiger partial charge is 0.494 e. The third-order valence-electron chi connectivity index (χ3n) is 6.37. The van der Waals surface area contributed by atoms with E-state index in [0.29, 0.717) is 43.0 Å². The van der Waals surface area contributed by atoms with E-state index < -0.39 is 0 Å². The van der Waals surface area contributed by atoms with Gasteiger partial charge in [0.1, 0.15) is 5.76 Å². The van der Waals surface area contributed by atoms with Gasteiger partial charge in [-0.3, -0.25) is 19.5 Å². The molecule has 5 rings (SSSR count). The first-order valence-electron chi connectivity index (χ1n) is 11.5. The molecular weight excluding hydrogens is 432 g/mol. The van der Waals surface area contributed by atoms with E-state index in [1.807, 2.05) is 59.4 Å². The highest BCUT2D eigenvalue weighted by Gasteiger charge is 2.40. The highest BCUT2D eigenvalue weighted by Crippen LogP contribution is 2.37. The molecule has 1 aliphatic carbocycles. The van der Waals surface area contributed by atoms with Gasteiger partial charge in [-0.25, -0.2) is 0 Å². The fraction of sp³-hybridized carbons (Fsp3) is 0.346. The molecule has 3 heterocycles. The van der Waals surface area contributed by atoms with Crippen molar-refractivity contribution in [1.29, 1.82) is 0 Å². The number of anilines is 2. The average Bonchev–Trinajstić information content (AvgIpc) is 3.38. The van der Waals surface area contributed by atoms with Crippen LogP contribution in [0.5, 0.6) is 0 Å². The average molecular weight is 461 g/mol. The summed E-state index contributed by atoms with van der Waals surface area (Å²) < 4.78 is 13.4. The second-order valence-corrected chi connectivity index (χ2v) is 8.75. The first-order valence-corrected chi connectivity index (χ1v) is 11.5. The molecule has 1 aromatic carbocycles. The number of aliphatic imine (C=N–C) groups is 1. The number of allylic oxidation sites excluding steroid dienone is 1. The van der Waals surface area contributed by atoms with Crippen LogP contribution in [0.1, 0.15) is 24.8 Å². The zero-order valence-corrected chi connectivity index (χ0v) is 19.4. The van der Waals surface area contributed by atoms with E-state index in [-0.39, 0.29) is 23.9 Å². The van der Waals surface area contributed by atoms with Crippen LogP contribution >= 0.6 is 0 Å². The Balaban J connectivity index is 1.24. The summed E-state index contributed by atoms with van der Waals surface area (Å²) in [6.45, 7) is 0.375. The number of fused-ring (bicyclic) bond motifs is 4. The number of carbonyl (C=O) groups excluding carboxylic acids is 2. The minimum absolute atomic E-state index is 0.0383. The predicted molar refractivity (Wildman–Crippen MR) is 130 cm³/mol. The Morgan fingerprint density at radius 1 is 1.24 bits per heavy atom. The molecule has 0 bridgehead atoms. The van der Waals surface area contributed by atoms with Crippen LogP contribution in [0.15, 0.2) is 70.9 Å². The number of ether oxygens (including phenoxy) is 2. The molecule has 1 aromatic heterocycles. The van der Waals surface area contributed by atoms with Crippen LogP contribution in [-0.4, -0.2) is 48.4 Å². The van der Waals surface area contributed by atoms with E-state index in [2.05, 4.69) is 11.4 Å². The van der Waals surface area contributed by atoms with Crippen molar-refractivity contribution < 1.29 is 19.1 Å². The van der Waals surface area contributed by atoms with Crippen molar-refractivity contribution in [3.05, 3.63) is 71.5 Å². The summed E-state index contributed by atoms with van der Waals surface area (Å²) in [5.74, 6) is 1.10. The van der Waals surface area contributed by atoms with Crippen molar-refractivity contribution in [3.63, 3.8) is 0 Å². The number of nitrogens with one attached hydrogen (secondary N) is 1. The molecule has 8 heteroatoms. The molecule has 0 saturated heterocycles. The van der Waals surface area contributed by atoms with Crippen LogP contribution in [0.2, 0.25) is 0 Å². The van der Waals surface area contributed by atoms with Crippen molar-refractivity contribution in [2.24, 2.45) is 12.0 Å². The van der Waals surface area contributed by atoms with Crippen molar-refractivity contribution in [1.82, 2.24) is 4.57 Å². The van der Waals surface area contributed by atoms with E-state index in [9.17, 15) is 9.59 Å². The van der Waals surface area contributed by atoms with Gasteiger partial charge in [0.15, 0.2) is 5.76 Å². The molecule has 0 saturated carbocycles. The Kier molecular flexibility index (Phi) is 5.96. The quantitative estimate of drug-likeness (QED) is 0.642. The zero-order chi connectivity index (χ0) is 23.7. The molecule has 34 heavy (non-hydrogen) atoms. The number of aromatic nitrogens is 1. The van der Waals surface area contributed by atoms with Gasteiger partial charge >= 0.3 is 0 Å². The lowest BCUT2D eigenvalue weighted by Crippen LogP contribution is -2.39. The van der Waals surface area contributed by atoms with Gasteiger partial charge in [-0.05, 0) is 30.2 Å². The minimum atomic E-state index is -0.305. The summed E-state index contributed by atoms with van der Waals surface area (Å²) in [6.07, 6.45) is 9.53. The van der Waals surface area contributed by atoms with Gasteiger partial charge in [0.05, 0.1) is 31.5 Å². The number of para-hydroxylation sites is 1. The van der Waals surface area contributed by atoms with Gasteiger partial charge in [-0.1, -0.05) is 18.2 Å². The van der Waals surface area contributed by atoms with E-state index in [0.717, 1.165) is 23.4 Å². The van der Waals surface area contributed by atoms with Crippen molar-refractivity contribution in [3.8, 4) is 0 Å². The van der Waals surface area contributed by atoms with E-state index in [1.165, 1.54) is 0 Å². The Morgan fingerprint density at radius 2 is 2.09 bits per heavy atom. The molecule has 0 radical (unpaired) electrons. The summed E-state index contributed by atoms with van der Waals surface area (Å²) in [5.41, 5.74) is 3.50. The molecule has 0 unspecified atom stereocenters. The topological polar surface area (TPSA) is 85.2 Å². The Hall–Kier alpha value is -3.81. The minimum Gasteiger partial charge on any atom is -0.494 e. The molecule has 0 spiro atoms. The lowest BCUT2D eigenvalue weighted by molar-refractivity contribution is -0.117. The molecule has 2 aromatic rings. The highest BCUT2D eigenvalue weighted by atomic mass is 16.5. The molecule has 2 aliphatic heterocycles. The molecule has 8 nitrogen and oxygen atoms in total. The lowest BCUT2D eigenvalue weighted by atomic mass is 9.96. The van der Waals surface area contributed by atoms with Gasteiger partial charge in [-0.15, -0.1) is 0 Å². The van der Waals surface area contributed by atoms with Gasteiger partial charge in [0, 0.05) is 56.2 Å². The zero-order valence-electron chi connectivity index (χ0n) is 19.4. The lowest BCUT2D eigenvalue weighted by Gasteiger charge is -2.26. The summed E-state index contributed by atoms with van der Waals surface area (Å²) in [6, 6.07) is 9.47. The second kappa shape index (κ2) is 9.21. The first kappa shape index (κ1) is 22.0.